The van der Waals surface area contributed by atoms with Crippen LogP contribution in [0, 0.1) is 0 Å². The first kappa shape index (κ1) is 11.2. The first-order chi connectivity index (χ1) is 7.81. The minimum Gasteiger partial charge on any atom is -0.472 e. The molecule has 0 atom stereocenters. The number of likely N-dealkylation sites (tertiary alicyclic amines) is 1. The molecule has 0 aromatic carbocycles. The van der Waals surface area contributed by atoms with Crippen molar-refractivity contribution < 1.29 is 9.21 Å². The molecule has 0 saturated carbocycles. The van der Waals surface area contributed by atoms with Gasteiger partial charge in [0.25, 0.3) is 5.91 Å². The molecule has 1 saturated heterocycles. The van der Waals surface area contributed by atoms with Crippen molar-refractivity contribution in [2.45, 2.75) is 25.8 Å². The Morgan fingerprint density at radius 3 is 2.88 bits per heavy atom. The fourth-order valence-electron chi connectivity index (χ4n) is 2.14. The summed E-state index contributed by atoms with van der Waals surface area (Å²) in [5.74, 6) is 0.0868. The topological polar surface area (TPSA) is 45.5 Å². The summed E-state index contributed by atoms with van der Waals surface area (Å²) in [4.78, 5) is 13.9. The third kappa shape index (κ3) is 2.44. The number of carbonyl (C=O) groups excluding carboxylic acids is 1. The number of piperidine rings is 1. The Hall–Kier alpha value is -1.29. The van der Waals surface area contributed by atoms with E-state index in [2.05, 4.69) is 12.2 Å². The van der Waals surface area contributed by atoms with Gasteiger partial charge in [0.15, 0.2) is 0 Å². The van der Waals surface area contributed by atoms with E-state index in [9.17, 15) is 4.79 Å². The van der Waals surface area contributed by atoms with Gasteiger partial charge in [0.2, 0.25) is 0 Å². The van der Waals surface area contributed by atoms with Crippen LogP contribution in [-0.4, -0.2) is 36.5 Å². The van der Waals surface area contributed by atoms with Crippen LogP contribution in [-0.2, 0) is 0 Å². The molecule has 0 aliphatic carbocycles. The predicted molar refractivity (Wildman–Crippen MR) is 61.3 cm³/mol. The standard InChI is InChI=1S/C12H18N2O2/c1-2-13-11-3-6-14(7-4-11)12(15)10-5-8-16-9-10/h5,8-9,11,13H,2-4,6-7H2,1H3. The van der Waals surface area contributed by atoms with Crippen molar-refractivity contribution in [2.24, 2.45) is 0 Å². The van der Waals surface area contributed by atoms with Gasteiger partial charge in [-0.3, -0.25) is 4.79 Å². The molecule has 0 radical (unpaired) electrons. The second-order valence-electron chi connectivity index (χ2n) is 4.14. The Kier molecular flexibility index (Phi) is 3.62. The summed E-state index contributed by atoms with van der Waals surface area (Å²) < 4.78 is 4.93. The van der Waals surface area contributed by atoms with E-state index in [1.165, 1.54) is 6.26 Å². The van der Waals surface area contributed by atoms with E-state index in [1.54, 1.807) is 12.3 Å². The Balaban J connectivity index is 1.87. The summed E-state index contributed by atoms with van der Waals surface area (Å²) in [6.45, 7) is 4.78. The quantitative estimate of drug-likeness (QED) is 0.842. The average Bonchev–Trinajstić information content (AvgIpc) is 2.83. The number of carbonyl (C=O) groups is 1. The molecule has 2 rings (SSSR count). The van der Waals surface area contributed by atoms with Crippen LogP contribution in [0.4, 0.5) is 0 Å². The first-order valence-corrected chi connectivity index (χ1v) is 5.86. The van der Waals surface area contributed by atoms with Gasteiger partial charge in [0, 0.05) is 19.1 Å². The van der Waals surface area contributed by atoms with E-state index in [-0.39, 0.29) is 5.91 Å². The first-order valence-electron chi connectivity index (χ1n) is 5.86. The van der Waals surface area contributed by atoms with Gasteiger partial charge in [-0.25, -0.2) is 0 Å². The fourth-order valence-corrected chi connectivity index (χ4v) is 2.14. The number of furan rings is 1. The van der Waals surface area contributed by atoms with Crippen LogP contribution in [0.3, 0.4) is 0 Å². The number of hydrogen-bond donors (Lipinski definition) is 1. The van der Waals surface area contributed by atoms with Crippen LogP contribution in [0.5, 0.6) is 0 Å². The Morgan fingerprint density at radius 1 is 1.56 bits per heavy atom. The molecule has 88 valence electrons. The monoisotopic (exact) mass is 222 g/mol. The van der Waals surface area contributed by atoms with Gasteiger partial charge in [0.1, 0.15) is 6.26 Å². The van der Waals surface area contributed by atoms with Gasteiger partial charge in [0.05, 0.1) is 11.8 Å². The zero-order valence-electron chi connectivity index (χ0n) is 9.61. The zero-order chi connectivity index (χ0) is 11.4. The average molecular weight is 222 g/mol. The minimum atomic E-state index is 0.0868. The molecule has 2 heterocycles. The SMILES string of the molecule is CCNC1CCN(C(=O)c2ccoc2)CC1. The Bertz CT molecular complexity index is 327. The zero-order valence-corrected chi connectivity index (χ0v) is 9.61. The van der Waals surface area contributed by atoms with Crippen LogP contribution in [0.1, 0.15) is 30.1 Å². The molecule has 0 spiro atoms. The molecule has 4 nitrogen and oxygen atoms in total. The molecule has 1 fully saturated rings. The van der Waals surface area contributed by atoms with Gasteiger partial charge in [-0.15, -0.1) is 0 Å². The minimum absolute atomic E-state index is 0.0868. The van der Waals surface area contributed by atoms with Crippen molar-refractivity contribution >= 4 is 5.91 Å². The maximum Gasteiger partial charge on any atom is 0.257 e. The summed E-state index contributed by atoms with van der Waals surface area (Å²) in [6, 6.07) is 2.29. The second kappa shape index (κ2) is 5.16. The Morgan fingerprint density at radius 2 is 2.31 bits per heavy atom. The molecule has 0 bridgehead atoms. The molecule has 1 aliphatic rings. The highest BCUT2D eigenvalue weighted by molar-refractivity contribution is 5.93. The van der Waals surface area contributed by atoms with E-state index in [4.69, 9.17) is 4.42 Å². The largest absolute Gasteiger partial charge is 0.472 e. The van der Waals surface area contributed by atoms with Crippen LogP contribution in [0.15, 0.2) is 23.0 Å². The smallest absolute Gasteiger partial charge is 0.257 e. The van der Waals surface area contributed by atoms with Crippen LogP contribution < -0.4 is 5.32 Å². The van der Waals surface area contributed by atoms with Crippen LogP contribution in [0.25, 0.3) is 0 Å². The highest BCUT2D eigenvalue weighted by atomic mass is 16.3. The number of nitrogens with zero attached hydrogens (tertiary/aromatic N) is 1. The molecule has 4 heteroatoms. The van der Waals surface area contributed by atoms with Crippen molar-refractivity contribution in [2.75, 3.05) is 19.6 Å². The molecule has 1 amide bonds. The van der Waals surface area contributed by atoms with Crippen molar-refractivity contribution in [1.82, 2.24) is 10.2 Å². The highest BCUT2D eigenvalue weighted by Gasteiger charge is 2.23. The van der Waals surface area contributed by atoms with Gasteiger partial charge in [-0.2, -0.15) is 0 Å². The summed E-state index contributed by atoms with van der Waals surface area (Å²) in [5.41, 5.74) is 0.655. The fraction of sp³-hybridized carbons (Fsp3) is 0.583. The summed E-state index contributed by atoms with van der Waals surface area (Å²) >= 11 is 0. The molecule has 1 aliphatic heterocycles. The van der Waals surface area contributed by atoms with Gasteiger partial charge < -0.3 is 14.6 Å². The highest BCUT2D eigenvalue weighted by Crippen LogP contribution is 2.14. The molecule has 1 N–H and O–H groups in total. The number of amides is 1. The predicted octanol–water partition coefficient (Wildman–Crippen LogP) is 1.49. The van der Waals surface area contributed by atoms with Crippen LogP contribution in [0.2, 0.25) is 0 Å². The number of hydrogen-bond acceptors (Lipinski definition) is 3. The van der Waals surface area contributed by atoms with E-state index in [0.29, 0.717) is 11.6 Å². The van der Waals surface area contributed by atoms with Crippen LogP contribution >= 0.6 is 0 Å². The van der Waals surface area contributed by atoms with E-state index in [1.807, 2.05) is 4.90 Å². The summed E-state index contributed by atoms with van der Waals surface area (Å²) in [6.07, 6.45) is 5.13. The number of nitrogens with one attached hydrogen (secondary N) is 1. The third-order valence-corrected chi connectivity index (χ3v) is 3.04. The maximum atomic E-state index is 12.0. The summed E-state index contributed by atoms with van der Waals surface area (Å²) in [7, 11) is 0. The summed E-state index contributed by atoms with van der Waals surface area (Å²) in [5, 5.41) is 3.42. The molecular formula is C12H18N2O2. The lowest BCUT2D eigenvalue weighted by Gasteiger charge is -2.32. The van der Waals surface area contributed by atoms with Crippen molar-refractivity contribution in [3.8, 4) is 0 Å². The lowest BCUT2D eigenvalue weighted by atomic mass is 10.0. The maximum absolute atomic E-state index is 12.0. The molecule has 1 aromatic heterocycles. The Labute approximate surface area is 95.6 Å². The lowest BCUT2D eigenvalue weighted by Crippen LogP contribution is -2.44. The van der Waals surface area contributed by atoms with E-state index in [0.717, 1.165) is 32.5 Å². The molecule has 0 unspecified atom stereocenters. The second-order valence-corrected chi connectivity index (χ2v) is 4.14. The number of rotatable bonds is 3. The molecular weight excluding hydrogens is 204 g/mol. The lowest BCUT2D eigenvalue weighted by molar-refractivity contribution is 0.0705. The van der Waals surface area contributed by atoms with E-state index >= 15 is 0 Å². The van der Waals surface area contributed by atoms with Gasteiger partial charge in [-0.05, 0) is 25.5 Å². The third-order valence-electron chi connectivity index (χ3n) is 3.04. The van der Waals surface area contributed by atoms with Gasteiger partial charge in [-0.1, -0.05) is 6.92 Å². The van der Waals surface area contributed by atoms with Gasteiger partial charge >= 0.3 is 0 Å². The normalized spacial score (nSPS) is 17.7. The molecule has 1 aromatic rings. The van der Waals surface area contributed by atoms with Crippen molar-refractivity contribution in [3.63, 3.8) is 0 Å². The van der Waals surface area contributed by atoms with Crippen molar-refractivity contribution in [1.29, 1.82) is 0 Å². The van der Waals surface area contributed by atoms with E-state index < -0.39 is 0 Å². The van der Waals surface area contributed by atoms with Crippen molar-refractivity contribution in [3.05, 3.63) is 24.2 Å². The molecule has 16 heavy (non-hydrogen) atoms.